The largest absolute Gasteiger partial charge is 0.367 e. The number of rotatable bonds is 2. The van der Waals surface area contributed by atoms with Gasteiger partial charge in [-0.3, -0.25) is 0 Å². The summed E-state index contributed by atoms with van der Waals surface area (Å²) in [6.45, 7) is 4.03. The summed E-state index contributed by atoms with van der Waals surface area (Å²) in [6, 6.07) is 8.65. The monoisotopic (exact) mass is 257 g/mol. The van der Waals surface area contributed by atoms with E-state index in [1.807, 2.05) is 12.3 Å². The summed E-state index contributed by atoms with van der Waals surface area (Å²) < 4.78 is 5.46. The maximum absolute atomic E-state index is 5.95. The molecule has 3 rings (SSSR count). The summed E-state index contributed by atoms with van der Waals surface area (Å²) in [5.41, 5.74) is 9.34. The molecule has 0 spiro atoms. The second-order valence-electron chi connectivity index (χ2n) is 5.23. The Morgan fingerprint density at radius 3 is 2.84 bits per heavy atom. The van der Waals surface area contributed by atoms with Gasteiger partial charge in [-0.25, -0.2) is 0 Å². The van der Waals surface area contributed by atoms with E-state index < -0.39 is 0 Å². The van der Waals surface area contributed by atoms with Crippen molar-refractivity contribution in [2.75, 3.05) is 18.0 Å². The van der Waals surface area contributed by atoms with Crippen molar-refractivity contribution in [1.82, 2.24) is 5.16 Å². The van der Waals surface area contributed by atoms with Gasteiger partial charge in [-0.05, 0) is 25.8 Å². The molecule has 0 unspecified atom stereocenters. The Balaban J connectivity index is 1.90. The molecule has 0 aliphatic carbocycles. The quantitative estimate of drug-likeness (QED) is 0.898. The molecule has 0 bridgehead atoms. The molecule has 19 heavy (non-hydrogen) atoms. The Kier molecular flexibility index (Phi) is 3.25. The van der Waals surface area contributed by atoms with Crippen LogP contribution in [0.25, 0.3) is 11.3 Å². The van der Waals surface area contributed by atoms with E-state index in [0.29, 0.717) is 6.04 Å². The summed E-state index contributed by atoms with van der Waals surface area (Å²) >= 11 is 0. The molecule has 0 radical (unpaired) electrons. The lowest BCUT2D eigenvalue weighted by Gasteiger charge is -2.31. The zero-order valence-electron chi connectivity index (χ0n) is 11.2. The number of nitrogens with zero attached hydrogens (tertiary/aromatic N) is 2. The third kappa shape index (κ3) is 2.49. The van der Waals surface area contributed by atoms with Crippen molar-refractivity contribution < 1.29 is 4.52 Å². The van der Waals surface area contributed by atoms with Gasteiger partial charge in [0.05, 0.1) is 6.20 Å². The van der Waals surface area contributed by atoms with Crippen molar-refractivity contribution >= 4 is 5.69 Å². The van der Waals surface area contributed by atoms with Gasteiger partial charge in [0.15, 0.2) is 5.76 Å². The number of nitrogens with two attached hydrogens (primary N) is 1. The van der Waals surface area contributed by atoms with Gasteiger partial charge < -0.3 is 15.2 Å². The van der Waals surface area contributed by atoms with Gasteiger partial charge in [-0.1, -0.05) is 28.9 Å². The van der Waals surface area contributed by atoms with Crippen LogP contribution in [0, 0.1) is 6.92 Å². The number of hydrogen-bond donors (Lipinski definition) is 1. The van der Waals surface area contributed by atoms with E-state index in [1.54, 1.807) is 0 Å². The van der Waals surface area contributed by atoms with Gasteiger partial charge in [-0.2, -0.15) is 0 Å². The lowest BCUT2D eigenvalue weighted by molar-refractivity contribution is 0.431. The van der Waals surface area contributed by atoms with Crippen molar-refractivity contribution in [2.24, 2.45) is 5.73 Å². The van der Waals surface area contributed by atoms with Gasteiger partial charge in [0.1, 0.15) is 5.69 Å². The predicted octanol–water partition coefficient (Wildman–Crippen LogP) is 2.58. The highest BCUT2D eigenvalue weighted by atomic mass is 16.5. The average molecular weight is 257 g/mol. The van der Waals surface area contributed by atoms with Crippen LogP contribution in [0.5, 0.6) is 0 Å². The Hall–Kier alpha value is -1.81. The van der Waals surface area contributed by atoms with Crippen LogP contribution in [-0.2, 0) is 0 Å². The van der Waals surface area contributed by atoms with E-state index in [4.69, 9.17) is 10.3 Å². The van der Waals surface area contributed by atoms with Crippen LogP contribution in [0.2, 0.25) is 0 Å². The third-order valence-corrected chi connectivity index (χ3v) is 3.71. The highest BCUT2D eigenvalue weighted by Gasteiger charge is 2.21. The van der Waals surface area contributed by atoms with Crippen LogP contribution < -0.4 is 10.6 Å². The minimum Gasteiger partial charge on any atom is -0.367 e. The first-order chi connectivity index (χ1) is 9.24. The third-order valence-electron chi connectivity index (χ3n) is 3.71. The fourth-order valence-electron chi connectivity index (χ4n) is 2.59. The predicted molar refractivity (Wildman–Crippen MR) is 76.1 cm³/mol. The molecule has 0 atom stereocenters. The summed E-state index contributed by atoms with van der Waals surface area (Å²) in [4.78, 5) is 2.32. The molecule has 1 aliphatic rings. The van der Waals surface area contributed by atoms with Crippen LogP contribution in [0.15, 0.2) is 35.0 Å². The fraction of sp³-hybridized carbons (Fsp3) is 0.400. The van der Waals surface area contributed by atoms with Crippen molar-refractivity contribution in [2.45, 2.75) is 25.8 Å². The minimum absolute atomic E-state index is 0.332. The lowest BCUT2D eigenvalue weighted by Crippen LogP contribution is -2.39. The molecule has 0 saturated carbocycles. The Labute approximate surface area is 113 Å². The second kappa shape index (κ2) is 5.05. The molecule has 4 heteroatoms. The van der Waals surface area contributed by atoms with Crippen LogP contribution >= 0.6 is 0 Å². The van der Waals surface area contributed by atoms with Gasteiger partial charge in [0.25, 0.3) is 0 Å². The van der Waals surface area contributed by atoms with E-state index in [1.165, 1.54) is 5.56 Å². The molecule has 2 heterocycles. The molecule has 1 saturated heterocycles. The summed E-state index contributed by atoms with van der Waals surface area (Å²) in [7, 11) is 0. The molecule has 0 amide bonds. The Bertz CT molecular complexity index is 556. The maximum atomic E-state index is 5.95. The normalized spacial score (nSPS) is 16.8. The number of aryl methyl sites for hydroxylation is 1. The van der Waals surface area contributed by atoms with Crippen LogP contribution in [0.1, 0.15) is 18.4 Å². The van der Waals surface area contributed by atoms with Crippen LogP contribution in [0.3, 0.4) is 0 Å². The Morgan fingerprint density at radius 2 is 2.11 bits per heavy atom. The smallest absolute Gasteiger partial charge is 0.190 e. The first-order valence-corrected chi connectivity index (χ1v) is 6.76. The number of aromatic nitrogens is 1. The molecular formula is C15H19N3O. The van der Waals surface area contributed by atoms with Crippen LogP contribution in [-0.4, -0.2) is 24.3 Å². The molecule has 4 nitrogen and oxygen atoms in total. The SMILES string of the molecule is Cc1cccc(-c2oncc2N2CCC(N)CC2)c1. The van der Waals surface area contributed by atoms with E-state index in [-0.39, 0.29) is 0 Å². The van der Waals surface area contributed by atoms with Crippen LogP contribution in [0.4, 0.5) is 5.69 Å². The average Bonchev–Trinajstić information content (AvgIpc) is 2.89. The first-order valence-electron chi connectivity index (χ1n) is 6.76. The van der Waals surface area contributed by atoms with Gasteiger partial charge in [-0.15, -0.1) is 0 Å². The number of piperidine rings is 1. The summed E-state index contributed by atoms with van der Waals surface area (Å²) in [5, 5.41) is 3.97. The number of anilines is 1. The zero-order chi connectivity index (χ0) is 13.2. The molecule has 1 aliphatic heterocycles. The van der Waals surface area contributed by atoms with Crippen molar-refractivity contribution in [1.29, 1.82) is 0 Å². The summed E-state index contributed by atoms with van der Waals surface area (Å²) in [5.74, 6) is 0.860. The standard InChI is InChI=1S/C15H19N3O/c1-11-3-2-4-12(9-11)15-14(10-17-19-15)18-7-5-13(16)6-8-18/h2-4,9-10,13H,5-8,16H2,1H3. The fourth-order valence-corrected chi connectivity index (χ4v) is 2.59. The first kappa shape index (κ1) is 12.2. The van der Waals surface area contributed by atoms with E-state index in [0.717, 1.165) is 42.9 Å². The van der Waals surface area contributed by atoms with Gasteiger partial charge in [0, 0.05) is 24.7 Å². The second-order valence-corrected chi connectivity index (χ2v) is 5.23. The Morgan fingerprint density at radius 1 is 1.32 bits per heavy atom. The van der Waals surface area contributed by atoms with Crippen molar-refractivity contribution in [3.8, 4) is 11.3 Å². The lowest BCUT2D eigenvalue weighted by atomic mass is 10.0. The van der Waals surface area contributed by atoms with Gasteiger partial charge >= 0.3 is 0 Å². The molecular weight excluding hydrogens is 238 g/mol. The van der Waals surface area contributed by atoms with Gasteiger partial charge in [0.2, 0.25) is 0 Å². The van der Waals surface area contributed by atoms with E-state index >= 15 is 0 Å². The number of hydrogen-bond acceptors (Lipinski definition) is 4. The molecule has 100 valence electrons. The van der Waals surface area contributed by atoms with Crippen molar-refractivity contribution in [3.63, 3.8) is 0 Å². The number of benzene rings is 1. The molecule has 1 aromatic heterocycles. The van der Waals surface area contributed by atoms with E-state index in [9.17, 15) is 0 Å². The highest BCUT2D eigenvalue weighted by Crippen LogP contribution is 2.32. The molecule has 2 N–H and O–H groups in total. The highest BCUT2D eigenvalue weighted by molar-refractivity contribution is 5.73. The molecule has 2 aromatic rings. The minimum atomic E-state index is 0.332. The molecule has 1 fully saturated rings. The topological polar surface area (TPSA) is 55.3 Å². The summed E-state index contributed by atoms with van der Waals surface area (Å²) in [6.07, 6.45) is 3.87. The van der Waals surface area contributed by atoms with Crippen molar-refractivity contribution in [3.05, 3.63) is 36.0 Å². The van der Waals surface area contributed by atoms with E-state index in [2.05, 4.69) is 35.2 Å². The zero-order valence-corrected chi connectivity index (χ0v) is 11.2. The molecule has 1 aromatic carbocycles. The maximum Gasteiger partial charge on any atom is 0.190 e.